The van der Waals surface area contributed by atoms with Crippen LogP contribution in [0.4, 0.5) is 5.82 Å². The summed E-state index contributed by atoms with van der Waals surface area (Å²) in [6.07, 6.45) is -7.74. The topological polar surface area (TPSA) is 338 Å². The van der Waals surface area contributed by atoms with Crippen LogP contribution in [0.3, 0.4) is 0 Å². The van der Waals surface area contributed by atoms with E-state index in [2.05, 4.69) is 27.9 Å². The molecule has 1 aliphatic heterocycles. The summed E-state index contributed by atoms with van der Waals surface area (Å²) >= 11 is 0. The molecular formula is C14H23N3O18P3-3. The molecule has 21 nitrogen and oxygen atoms in total. The molecule has 0 bridgehead atoms. The quantitative estimate of drug-likeness (QED) is 0.0648. The van der Waals surface area contributed by atoms with Crippen molar-refractivity contribution < 1.29 is 81.4 Å². The van der Waals surface area contributed by atoms with Gasteiger partial charge in [0, 0.05) is 6.20 Å². The van der Waals surface area contributed by atoms with E-state index in [1.165, 1.54) is 6.07 Å². The van der Waals surface area contributed by atoms with Crippen molar-refractivity contribution in [3.63, 3.8) is 0 Å². The molecule has 1 aromatic heterocycles. The minimum Gasteiger partial charge on any atom is -0.790 e. The molecule has 0 radical (unpaired) electrons. The van der Waals surface area contributed by atoms with Gasteiger partial charge < -0.3 is 64.1 Å². The second kappa shape index (κ2) is 12.5. The van der Waals surface area contributed by atoms with Crippen LogP contribution in [0.5, 0.6) is 0 Å². The van der Waals surface area contributed by atoms with E-state index in [0.717, 1.165) is 17.7 Å². The highest BCUT2D eigenvalue weighted by Gasteiger charge is 2.45. The number of anilines is 1. The third-order valence-electron chi connectivity index (χ3n) is 4.81. The van der Waals surface area contributed by atoms with Crippen LogP contribution < -0.4 is 26.1 Å². The van der Waals surface area contributed by atoms with Gasteiger partial charge in [0.2, 0.25) is 0 Å². The molecule has 0 spiro atoms. The summed E-state index contributed by atoms with van der Waals surface area (Å²) in [6, 6.07) is 1.19. The lowest BCUT2D eigenvalue weighted by Gasteiger charge is -2.41. The molecule has 0 aromatic carbocycles. The van der Waals surface area contributed by atoms with Crippen molar-refractivity contribution >= 4 is 29.3 Å². The van der Waals surface area contributed by atoms with Gasteiger partial charge in [-0.1, -0.05) is 0 Å². The largest absolute Gasteiger partial charge is 0.790 e. The van der Waals surface area contributed by atoms with Crippen LogP contribution in [-0.2, 0) is 41.4 Å². The number of nitrogens with two attached hydrogens (primary N) is 1. The van der Waals surface area contributed by atoms with E-state index >= 15 is 0 Å². The van der Waals surface area contributed by atoms with Gasteiger partial charge in [-0.3, -0.25) is 13.7 Å². The Morgan fingerprint density at radius 2 is 1.84 bits per heavy atom. The van der Waals surface area contributed by atoms with Gasteiger partial charge in [-0.05, 0) is 13.0 Å². The molecule has 2 unspecified atom stereocenters. The second-order valence-corrected chi connectivity index (χ2v) is 11.5. The van der Waals surface area contributed by atoms with Crippen LogP contribution in [0, 0.1) is 0 Å². The maximum atomic E-state index is 11.9. The lowest BCUT2D eigenvalue weighted by atomic mass is 10.0. The highest BCUT2D eigenvalue weighted by Crippen LogP contribution is 2.51. The van der Waals surface area contributed by atoms with Gasteiger partial charge >= 0.3 is 13.5 Å². The molecule has 1 fully saturated rings. The minimum atomic E-state index is -5.74. The molecule has 1 aliphatic rings. The monoisotopic (exact) mass is 614 g/mol. The first-order chi connectivity index (χ1) is 17.3. The molecule has 0 saturated carbocycles. The second-order valence-electron chi connectivity index (χ2n) is 7.77. The molecule has 24 heteroatoms. The van der Waals surface area contributed by atoms with Crippen molar-refractivity contribution in [2.24, 2.45) is 0 Å². The minimum absolute atomic E-state index is 0.141. The van der Waals surface area contributed by atoms with E-state index in [-0.39, 0.29) is 5.82 Å². The van der Waals surface area contributed by atoms with Gasteiger partial charge in [-0.2, -0.15) is 9.66 Å². The molecule has 1 saturated heterocycles. The number of aliphatic hydroxyl groups is 4. The van der Waals surface area contributed by atoms with Gasteiger partial charge in [0.1, 0.15) is 35.8 Å². The molecule has 7 N–H and O–H groups in total. The third kappa shape index (κ3) is 9.19. The number of hydrogen-bond acceptors (Lipinski definition) is 19. The van der Waals surface area contributed by atoms with Gasteiger partial charge in [-0.25, -0.2) is 9.36 Å². The summed E-state index contributed by atoms with van der Waals surface area (Å²) in [5, 5.41) is 39.2. The summed E-state index contributed by atoms with van der Waals surface area (Å²) in [5.74, 6) is -0.141. The average molecular weight is 614 g/mol. The van der Waals surface area contributed by atoms with E-state index < -0.39 is 85.2 Å². The molecule has 0 aliphatic carbocycles. The highest BCUT2D eigenvalue weighted by molar-refractivity contribution is 7.49. The SMILES string of the molecule is C[C@@](CO)(OP(=O)([O-])[O-])[C@H](O)COP(=O)([O-])OOP(=O)(O)OC[C@@H]1O[C@H](n2ccc(N)nc2=O)[C@@H](O)[C@H]1O. The van der Waals surface area contributed by atoms with Crippen molar-refractivity contribution in [1.82, 2.24) is 9.55 Å². The fourth-order valence-electron chi connectivity index (χ4n) is 2.80. The van der Waals surface area contributed by atoms with Crippen molar-refractivity contribution in [2.45, 2.75) is 43.2 Å². The third-order valence-corrected chi connectivity index (χ3v) is 7.03. The van der Waals surface area contributed by atoms with Crippen LogP contribution in [0.25, 0.3) is 0 Å². The van der Waals surface area contributed by atoms with Crippen LogP contribution in [-0.4, -0.2) is 84.7 Å². The number of phosphoric ester groups is 3. The first-order valence-electron chi connectivity index (χ1n) is 9.98. The Morgan fingerprint density at radius 3 is 2.39 bits per heavy atom. The lowest BCUT2D eigenvalue weighted by molar-refractivity contribution is -0.353. The molecule has 8 atom stereocenters. The van der Waals surface area contributed by atoms with E-state index in [1.807, 2.05) is 0 Å². The number of aromatic nitrogens is 2. The smallest absolute Gasteiger partial charge is 0.499 e. The molecule has 1 aromatic rings. The van der Waals surface area contributed by atoms with Crippen molar-refractivity contribution in [3.05, 3.63) is 22.7 Å². The zero-order chi connectivity index (χ0) is 29.1. The Bertz CT molecular complexity index is 1160. The molecule has 2 rings (SSSR count). The number of aliphatic hydroxyl groups excluding tert-OH is 4. The molecule has 0 amide bonds. The Labute approximate surface area is 212 Å². The highest BCUT2D eigenvalue weighted by atomic mass is 31.2. The fourth-order valence-corrected chi connectivity index (χ4v) is 4.90. The predicted molar refractivity (Wildman–Crippen MR) is 111 cm³/mol. The normalized spacial score (nSPS) is 27.8. The fraction of sp³-hybridized carbons (Fsp3) is 0.714. The number of hydrogen-bond donors (Lipinski definition) is 6. The number of rotatable bonds is 14. The number of nitrogen functional groups attached to an aromatic ring is 1. The Balaban J connectivity index is 1.91. The van der Waals surface area contributed by atoms with Gasteiger partial charge in [0.05, 0.1) is 27.6 Å². The summed E-state index contributed by atoms with van der Waals surface area (Å²) in [5.41, 5.74) is 1.88. The summed E-state index contributed by atoms with van der Waals surface area (Å²) < 4.78 is 60.4. The van der Waals surface area contributed by atoms with Crippen LogP contribution >= 0.6 is 23.5 Å². The van der Waals surface area contributed by atoms with Crippen molar-refractivity contribution in [3.8, 4) is 0 Å². The van der Waals surface area contributed by atoms with Crippen LogP contribution in [0.2, 0.25) is 0 Å². The molecular weight excluding hydrogens is 591 g/mol. The number of ether oxygens (including phenoxy) is 1. The summed E-state index contributed by atoms with van der Waals surface area (Å²) in [7, 11) is -16.8. The zero-order valence-corrected chi connectivity index (χ0v) is 21.7. The van der Waals surface area contributed by atoms with Crippen LogP contribution in [0.1, 0.15) is 13.2 Å². The summed E-state index contributed by atoms with van der Waals surface area (Å²) in [4.78, 5) is 58.1. The number of phosphoric acid groups is 3. The van der Waals surface area contributed by atoms with Gasteiger partial charge in [0.25, 0.3) is 7.82 Å². The zero-order valence-electron chi connectivity index (χ0n) is 19.0. The van der Waals surface area contributed by atoms with E-state index in [1.54, 1.807) is 0 Å². The number of nitrogens with zero attached hydrogens (tertiary/aromatic N) is 2. The first-order valence-corrected chi connectivity index (χ1v) is 14.4. The van der Waals surface area contributed by atoms with Gasteiger partial charge in [0.15, 0.2) is 6.23 Å². The maximum Gasteiger partial charge on any atom is 0.499 e. The average Bonchev–Trinajstić information content (AvgIpc) is 3.07. The first kappa shape index (κ1) is 33.0. The van der Waals surface area contributed by atoms with E-state index in [4.69, 9.17) is 15.6 Å². The predicted octanol–water partition coefficient (Wildman–Crippen LogP) is -5.05. The summed E-state index contributed by atoms with van der Waals surface area (Å²) in [6.45, 7) is -2.94. The maximum absolute atomic E-state index is 11.9. The van der Waals surface area contributed by atoms with E-state index in [9.17, 15) is 53.4 Å². The van der Waals surface area contributed by atoms with Crippen molar-refractivity contribution in [2.75, 3.05) is 25.6 Å². The molecule has 38 heavy (non-hydrogen) atoms. The molecule has 220 valence electrons. The van der Waals surface area contributed by atoms with Crippen molar-refractivity contribution in [1.29, 1.82) is 0 Å². The molecule has 2 heterocycles. The lowest BCUT2D eigenvalue weighted by Crippen LogP contribution is -2.49. The van der Waals surface area contributed by atoms with Crippen LogP contribution in [0.15, 0.2) is 17.1 Å². The Morgan fingerprint density at radius 1 is 1.21 bits per heavy atom. The Kier molecular flexibility index (Phi) is 10.9. The van der Waals surface area contributed by atoms with Gasteiger partial charge in [-0.15, -0.1) is 4.67 Å². The standard InChI is InChI=1S/C14H26N3O18P3/c1-14(6-18,33-36(23,24)25)8(19)5-31-38(28,29)35-34-37(26,27)30-4-7-10(20)11(21)12(32-7)17-3-2-9(15)16-13(17)22/h2-3,7-8,10-12,18-21H,4-6H2,1H3,(H,26,27)(H,28,29)(H2,15,16,22)(H2,23,24,25)/p-3/t7-,8+,10-,11-,12-,14-/m0/s1. The Hall–Kier alpha value is -1.19. The van der Waals surface area contributed by atoms with E-state index in [0.29, 0.717) is 0 Å².